The number of carbonyl (C=O) groups excluding carboxylic acids is 1. The van der Waals surface area contributed by atoms with Gasteiger partial charge in [0.2, 0.25) is 5.91 Å². The van der Waals surface area contributed by atoms with Crippen LogP contribution in [0.2, 0.25) is 0 Å². The molecule has 0 radical (unpaired) electrons. The molecule has 3 heteroatoms. The number of hydrogen-bond donors (Lipinski definition) is 1. The van der Waals surface area contributed by atoms with Gasteiger partial charge in [0.05, 0.1) is 5.75 Å². The highest BCUT2D eigenvalue weighted by Crippen LogP contribution is 2.47. The summed E-state index contributed by atoms with van der Waals surface area (Å²) in [5, 5.41) is 3.12. The van der Waals surface area contributed by atoms with E-state index < -0.39 is 0 Å². The standard InChI is InChI=1S/C20H23NOS/c1-16-7-9-17(10-8-16)13-23-14-19(22)21-15-20(11-12-20)18-5-3-2-4-6-18/h2-10H,11-15H2,1H3,(H,21,22). The van der Waals surface area contributed by atoms with Crippen molar-refractivity contribution in [2.45, 2.75) is 30.9 Å². The van der Waals surface area contributed by atoms with E-state index in [9.17, 15) is 4.79 Å². The molecule has 0 unspecified atom stereocenters. The van der Waals surface area contributed by atoms with Crippen LogP contribution in [0.4, 0.5) is 0 Å². The average Bonchev–Trinajstić information content (AvgIpc) is 3.37. The van der Waals surface area contributed by atoms with E-state index in [0.717, 1.165) is 12.3 Å². The van der Waals surface area contributed by atoms with E-state index in [4.69, 9.17) is 0 Å². The first-order chi connectivity index (χ1) is 11.2. The lowest BCUT2D eigenvalue weighted by atomic mass is 9.96. The quantitative estimate of drug-likeness (QED) is 0.831. The predicted molar refractivity (Wildman–Crippen MR) is 97.7 cm³/mol. The zero-order valence-corrected chi connectivity index (χ0v) is 14.4. The van der Waals surface area contributed by atoms with Gasteiger partial charge in [0.25, 0.3) is 0 Å². The summed E-state index contributed by atoms with van der Waals surface area (Å²) in [6.07, 6.45) is 2.35. The molecular formula is C20H23NOS. The lowest BCUT2D eigenvalue weighted by Gasteiger charge is -2.16. The van der Waals surface area contributed by atoms with E-state index in [-0.39, 0.29) is 11.3 Å². The zero-order chi connectivity index (χ0) is 16.1. The number of amides is 1. The second kappa shape index (κ2) is 7.22. The summed E-state index contributed by atoms with van der Waals surface area (Å²) in [5.41, 5.74) is 4.09. The Hall–Kier alpha value is -1.74. The Morgan fingerprint density at radius 3 is 2.43 bits per heavy atom. The van der Waals surface area contributed by atoms with Crippen molar-refractivity contribution in [1.82, 2.24) is 5.32 Å². The molecule has 23 heavy (non-hydrogen) atoms. The van der Waals surface area contributed by atoms with E-state index in [1.54, 1.807) is 11.8 Å². The number of aryl methyl sites for hydroxylation is 1. The molecule has 0 atom stereocenters. The van der Waals surface area contributed by atoms with Gasteiger partial charge in [0.1, 0.15) is 0 Å². The largest absolute Gasteiger partial charge is 0.354 e. The Balaban J connectivity index is 1.41. The summed E-state index contributed by atoms with van der Waals surface area (Å²) in [6, 6.07) is 19.0. The van der Waals surface area contributed by atoms with E-state index in [1.807, 2.05) is 6.07 Å². The number of thioether (sulfide) groups is 1. The maximum Gasteiger partial charge on any atom is 0.230 e. The van der Waals surface area contributed by atoms with E-state index in [0.29, 0.717) is 5.75 Å². The molecule has 1 amide bonds. The minimum atomic E-state index is 0.143. The number of hydrogen-bond acceptors (Lipinski definition) is 2. The molecule has 3 rings (SSSR count). The molecular weight excluding hydrogens is 302 g/mol. The Bertz CT molecular complexity index is 647. The molecule has 1 fully saturated rings. The molecule has 1 N–H and O–H groups in total. The van der Waals surface area contributed by atoms with Crippen LogP contribution in [0.1, 0.15) is 29.5 Å². The summed E-state index contributed by atoms with van der Waals surface area (Å²) in [7, 11) is 0. The van der Waals surface area contributed by atoms with E-state index >= 15 is 0 Å². The monoisotopic (exact) mass is 325 g/mol. The van der Waals surface area contributed by atoms with Crippen molar-refractivity contribution >= 4 is 17.7 Å². The lowest BCUT2D eigenvalue weighted by Crippen LogP contribution is -2.33. The summed E-state index contributed by atoms with van der Waals surface area (Å²) in [5.74, 6) is 1.56. The Labute approximate surface area is 142 Å². The van der Waals surface area contributed by atoms with Crippen molar-refractivity contribution in [3.63, 3.8) is 0 Å². The summed E-state index contributed by atoms with van der Waals surface area (Å²) in [4.78, 5) is 12.1. The van der Waals surface area contributed by atoms with Gasteiger partial charge in [0.15, 0.2) is 0 Å². The van der Waals surface area contributed by atoms with E-state index in [1.165, 1.54) is 29.5 Å². The molecule has 1 aliphatic carbocycles. The fourth-order valence-corrected chi connectivity index (χ4v) is 3.59. The van der Waals surface area contributed by atoms with Gasteiger partial charge >= 0.3 is 0 Å². The van der Waals surface area contributed by atoms with Crippen LogP contribution in [0, 0.1) is 6.92 Å². The second-order valence-corrected chi connectivity index (χ2v) is 7.39. The van der Waals surface area contributed by atoms with E-state index in [2.05, 4.69) is 60.8 Å². The zero-order valence-electron chi connectivity index (χ0n) is 13.5. The minimum Gasteiger partial charge on any atom is -0.354 e. The summed E-state index contributed by atoms with van der Waals surface area (Å²) < 4.78 is 0. The third-order valence-corrected chi connectivity index (χ3v) is 5.49. The minimum absolute atomic E-state index is 0.143. The molecule has 1 aliphatic rings. The van der Waals surface area contributed by atoms with Gasteiger partial charge < -0.3 is 5.32 Å². The topological polar surface area (TPSA) is 29.1 Å². The van der Waals surface area contributed by atoms with Crippen LogP contribution in [0.3, 0.4) is 0 Å². The maximum atomic E-state index is 12.1. The van der Waals surface area contributed by atoms with Gasteiger partial charge in [0, 0.05) is 17.7 Å². The smallest absolute Gasteiger partial charge is 0.230 e. The Kier molecular flexibility index (Phi) is 5.06. The molecule has 0 heterocycles. The van der Waals surface area contributed by atoms with Crippen LogP contribution in [-0.2, 0) is 16.0 Å². The molecule has 0 saturated heterocycles. The van der Waals surface area contributed by atoms with Crippen LogP contribution >= 0.6 is 11.8 Å². The molecule has 0 spiro atoms. The van der Waals surface area contributed by atoms with Gasteiger partial charge in [-0.05, 0) is 30.9 Å². The fourth-order valence-electron chi connectivity index (χ4n) is 2.77. The Morgan fingerprint density at radius 2 is 1.78 bits per heavy atom. The molecule has 0 aromatic heterocycles. The van der Waals surface area contributed by atoms with Crippen molar-refractivity contribution < 1.29 is 4.79 Å². The normalized spacial score (nSPS) is 15.2. The molecule has 120 valence electrons. The number of nitrogens with one attached hydrogen (secondary N) is 1. The molecule has 0 aliphatic heterocycles. The molecule has 2 aromatic rings. The lowest BCUT2D eigenvalue weighted by molar-refractivity contribution is -0.118. The molecule has 2 aromatic carbocycles. The third kappa shape index (κ3) is 4.38. The predicted octanol–water partition coefficient (Wildman–Crippen LogP) is 4.08. The van der Waals surface area contributed by atoms with Crippen LogP contribution in [0.5, 0.6) is 0 Å². The van der Waals surface area contributed by atoms with Crippen molar-refractivity contribution in [2.75, 3.05) is 12.3 Å². The van der Waals surface area contributed by atoms with Crippen LogP contribution in [0.15, 0.2) is 54.6 Å². The van der Waals surface area contributed by atoms with Gasteiger partial charge in [-0.2, -0.15) is 0 Å². The molecule has 0 bridgehead atoms. The van der Waals surface area contributed by atoms with Crippen LogP contribution in [-0.4, -0.2) is 18.2 Å². The molecule has 1 saturated carbocycles. The SMILES string of the molecule is Cc1ccc(CSCC(=O)NCC2(c3ccccc3)CC2)cc1. The Morgan fingerprint density at radius 1 is 1.09 bits per heavy atom. The number of benzene rings is 2. The van der Waals surface area contributed by atoms with Crippen LogP contribution in [0.25, 0.3) is 0 Å². The highest BCUT2D eigenvalue weighted by atomic mass is 32.2. The van der Waals surface area contributed by atoms with Gasteiger partial charge in [-0.15, -0.1) is 11.8 Å². The van der Waals surface area contributed by atoms with Crippen LogP contribution < -0.4 is 5.32 Å². The maximum absolute atomic E-state index is 12.1. The summed E-state index contributed by atoms with van der Waals surface area (Å²) in [6.45, 7) is 2.85. The second-order valence-electron chi connectivity index (χ2n) is 6.40. The molecule has 2 nitrogen and oxygen atoms in total. The third-order valence-electron chi connectivity index (χ3n) is 4.49. The number of carbonyl (C=O) groups is 1. The van der Waals surface area contributed by atoms with Crippen molar-refractivity contribution in [3.8, 4) is 0 Å². The van der Waals surface area contributed by atoms with Gasteiger partial charge in [-0.25, -0.2) is 0 Å². The summed E-state index contributed by atoms with van der Waals surface area (Å²) >= 11 is 1.68. The first kappa shape index (κ1) is 16.1. The highest BCUT2D eigenvalue weighted by Gasteiger charge is 2.44. The fraction of sp³-hybridized carbons (Fsp3) is 0.350. The van der Waals surface area contributed by atoms with Crippen molar-refractivity contribution in [3.05, 3.63) is 71.3 Å². The number of rotatable bonds is 7. The first-order valence-corrected chi connectivity index (χ1v) is 9.29. The van der Waals surface area contributed by atoms with Crippen molar-refractivity contribution in [2.24, 2.45) is 0 Å². The first-order valence-electron chi connectivity index (χ1n) is 8.13. The van der Waals surface area contributed by atoms with Crippen molar-refractivity contribution in [1.29, 1.82) is 0 Å². The average molecular weight is 325 g/mol. The van der Waals surface area contributed by atoms with Gasteiger partial charge in [-0.3, -0.25) is 4.79 Å². The highest BCUT2D eigenvalue weighted by molar-refractivity contribution is 7.99. The van der Waals surface area contributed by atoms with Gasteiger partial charge in [-0.1, -0.05) is 60.2 Å².